The molecule has 2 rings (SSSR count). The lowest BCUT2D eigenvalue weighted by molar-refractivity contribution is -0.150. The van der Waals surface area contributed by atoms with E-state index in [1.54, 1.807) is 7.11 Å². The minimum Gasteiger partial charge on any atom is -0.417 e. The van der Waals surface area contributed by atoms with Crippen LogP contribution in [0.3, 0.4) is 0 Å². The Morgan fingerprint density at radius 3 is 1.72 bits per heavy atom. The monoisotopic (exact) mass is 480 g/mol. The number of aliphatic hydroxyl groups excluding tert-OH is 2. The van der Waals surface area contributed by atoms with E-state index >= 15 is 0 Å². The second-order valence-corrected chi connectivity index (χ2v) is 15.8. The van der Waals surface area contributed by atoms with Gasteiger partial charge in [0.2, 0.25) is 0 Å². The number of methoxy groups -OCH3 is 1. The maximum Gasteiger partial charge on any atom is 0.191 e. The first kappa shape index (κ1) is 29.9. The average molecular weight is 481 g/mol. The molecule has 0 radical (unpaired) electrons. The SMILES string of the molecule is CC1(C)O[C@@H](CCO[Si](C)(C)C(C)(C)C)[C@@H](CO)O1.COC[C@H]1OC(C)(C)O[C@H]1CCO. The van der Waals surface area contributed by atoms with Gasteiger partial charge in [0.25, 0.3) is 0 Å². The first-order valence-corrected chi connectivity index (χ1v) is 14.5. The van der Waals surface area contributed by atoms with Crippen molar-refractivity contribution in [2.75, 3.05) is 33.5 Å². The first-order chi connectivity index (χ1) is 14.6. The van der Waals surface area contributed by atoms with Crippen LogP contribution in [-0.4, -0.2) is 88.1 Å². The number of ether oxygens (including phenoxy) is 5. The third kappa shape index (κ3) is 9.27. The molecule has 0 saturated carbocycles. The predicted molar refractivity (Wildman–Crippen MR) is 126 cm³/mol. The lowest BCUT2D eigenvalue weighted by atomic mass is 10.1. The second kappa shape index (κ2) is 12.0. The molecular weight excluding hydrogens is 432 g/mol. The zero-order valence-electron chi connectivity index (χ0n) is 21.9. The first-order valence-electron chi connectivity index (χ1n) is 11.6. The van der Waals surface area contributed by atoms with Crippen molar-refractivity contribution >= 4 is 8.32 Å². The van der Waals surface area contributed by atoms with Crippen LogP contribution in [0, 0.1) is 0 Å². The lowest BCUT2D eigenvalue weighted by Crippen LogP contribution is -2.41. The highest BCUT2D eigenvalue weighted by Gasteiger charge is 2.42. The molecule has 0 aromatic carbocycles. The number of rotatable bonds is 9. The van der Waals surface area contributed by atoms with Crippen molar-refractivity contribution in [3.63, 3.8) is 0 Å². The standard InChI is InChI=1S/C14H30O4Si.C9H18O4/c1-13(2,3)19(6,7)16-9-8-11-12(10-15)18-14(4,5)17-11;1-9(2)12-7(4-5-10)8(13-9)6-11-3/h11-12,15H,8-10H2,1-7H3;7-8,10H,4-6H2,1-3H3/t11-,12+;7-,8+/m00/s1. The van der Waals surface area contributed by atoms with Gasteiger partial charge in [-0.3, -0.25) is 0 Å². The second-order valence-electron chi connectivity index (χ2n) is 11.0. The van der Waals surface area contributed by atoms with Crippen LogP contribution in [-0.2, 0) is 28.1 Å². The van der Waals surface area contributed by atoms with Gasteiger partial charge in [-0.05, 0) is 58.7 Å². The Morgan fingerprint density at radius 2 is 1.28 bits per heavy atom. The molecule has 2 heterocycles. The molecule has 0 unspecified atom stereocenters. The van der Waals surface area contributed by atoms with Crippen molar-refractivity contribution in [1.29, 1.82) is 0 Å². The van der Waals surface area contributed by atoms with Crippen LogP contribution in [0.25, 0.3) is 0 Å². The van der Waals surface area contributed by atoms with E-state index in [4.69, 9.17) is 33.2 Å². The summed E-state index contributed by atoms with van der Waals surface area (Å²) in [6, 6.07) is 0. The number of hydrogen-bond acceptors (Lipinski definition) is 8. The third-order valence-electron chi connectivity index (χ3n) is 6.17. The maximum atomic E-state index is 9.32. The molecule has 4 atom stereocenters. The Labute approximate surface area is 196 Å². The van der Waals surface area contributed by atoms with Crippen molar-refractivity contribution < 1.29 is 38.3 Å². The van der Waals surface area contributed by atoms with E-state index in [9.17, 15) is 5.11 Å². The molecule has 2 aliphatic heterocycles. The Balaban J connectivity index is 0.000000343. The number of aliphatic hydroxyl groups is 2. The fourth-order valence-electron chi connectivity index (χ4n) is 3.54. The van der Waals surface area contributed by atoms with Crippen LogP contribution >= 0.6 is 0 Å². The van der Waals surface area contributed by atoms with Crippen LogP contribution in [0.2, 0.25) is 18.1 Å². The molecule has 0 aromatic heterocycles. The minimum atomic E-state index is -1.70. The minimum absolute atomic E-state index is 0.00576. The van der Waals surface area contributed by atoms with Crippen LogP contribution in [0.1, 0.15) is 61.3 Å². The summed E-state index contributed by atoms with van der Waals surface area (Å²) in [6.45, 7) is 20.0. The van der Waals surface area contributed by atoms with E-state index in [1.165, 1.54) is 0 Å². The van der Waals surface area contributed by atoms with Gasteiger partial charge in [-0.1, -0.05) is 20.8 Å². The smallest absolute Gasteiger partial charge is 0.191 e. The van der Waals surface area contributed by atoms with E-state index in [1.807, 2.05) is 27.7 Å². The Kier molecular flexibility index (Phi) is 11.3. The predicted octanol–water partition coefficient (Wildman–Crippen LogP) is 3.45. The molecule has 8 nitrogen and oxygen atoms in total. The van der Waals surface area contributed by atoms with Gasteiger partial charge in [0.05, 0.1) is 25.4 Å². The molecule has 0 amide bonds. The maximum absolute atomic E-state index is 9.32. The molecule has 2 fully saturated rings. The highest BCUT2D eigenvalue weighted by Crippen LogP contribution is 2.37. The van der Waals surface area contributed by atoms with Crippen molar-refractivity contribution in [1.82, 2.24) is 0 Å². The molecule has 2 aliphatic rings. The molecule has 32 heavy (non-hydrogen) atoms. The Morgan fingerprint density at radius 1 is 0.812 bits per heavy atom. The topological polar surface area (TPSA) is 95.8 Å². The molecule has 0 aromatic rings. The van der Waals surface area contributed by atoms with Gasteiger partial charge in [0.1, 0.15) is 12.2 Å². The summed E-state index contributed by atoms with van der Waals surface area (Å²) in [5.41, 5.74) is 0. The van der Waals surface area contributed by atoms with E-state index in [-0.39, 0.29) is 42.7 Å². The van der Waals surface area contributed by atoms with Crippen LogP contribution in [0.4, 0.5) is 0 Å². The largest absolute Gasteiger partial charge is 0.417 e. The summed E-state index contributed by atoms with van der Waals surface area (Å²) >= 11 is 0. The van der Waals surface area contributed by atoms with Crippen molar-refractivity contribution in [3.8, 4) is 0 Å². The van der Waals surface area contributed by atoms with E-state index < -0.39 is 19.9 Å². The van der Waals surface area contributed by atoms with Gasteiger partial charge < -0.3 is 38.3 Å². The fraction of sp³-hybridized carbons (Fsp3) is 1.00. The zero-order valence-corrected chi connectivity index (χ0v) is 22.9. The van der Waals surface area contributed by atoms with Gasteiger partial charge >= 0.3 is 0 Å². The van der Waals surface area contributed by atoms with Crippen molar-refractivity contribution in [2.24, 2.45) is 0 Å². The summed E-state index contributed by atoms with van der Waals surface area (Å²) in [5, 5.41) is 18.3. The molecule has 0 aliphatic carbocycles. The molecule has 2 N–H and O–H groups in total. The third-order valence-corrected chi connectivity index (χ3v) is 10.7. The average Bonchev–Trinajstić information content (AvgIpc) is 3.09. The summed E-state index contributed by atoms with van der Waals surface area (Å²) in [6.07, 6.45) is 0.924. The van der Waals surface area contributed by atoms with E-state index in [0.717, 1.165) is 6.42 Å². The van der Waals surface area contributed by atoms with E-state index in [0.29, 0.717) is 19.6 Å². The molecule has 9 heteroatoms. The van der Waals surface area contributed by atoms with Gasteiger partial charge in [0.15, 0.2) is 19.9 Å². The van der Waals surface area contributed by atoms with Crippen LogP contribution < -0.4 is 0 Å². The van der Waals surface area contributed by atoms with Gasteiger partial charge in [0, 0.05) is 20.3 Å². The molecule has 192 valence electrons. The summed E-state index contributed by atoms with van der Waals surface area (Å²) < 4.78 is 33.8. The van der Waals surface area contributed by atoms with Crippen LogP contribution in [0.5, 0.6) is 0 Å². The van der Waals surface area contributed by atoms with Crippen LogP contribution in [0.15, 0.2) is 0 Å². The van der Waals surface area contributed by atoms with Gasteiger partial charge in [-0.2, -0.15) is 0 Å². The molecule has 0 bridgehead atoms. The van der Waals surface area contributed by atoms with Crippen molar-refractivity contribution in [3.05, 3.63) is 0 Å². The molecular formula is C23H48O8Si. The Bertz CT molecular complexity index is 531. The quantitative estimate of drug-likeness (QED) is 0.485. The lowest BCUT2D eigenvalue weighted by Gasteiger charge is -2.36. The highest BCUT2D eigenvalue weighted by atomic mass is 28.4. The number of hydrogen-bond donors (Lipinski definition) is 2. The summed E-state index contributed by atoms with van der Waals surface area (Å²) in [4.78, 5) is 0. The fourth-order valence-corrected chi connectivity index (χ4v) is 4.60. The zero-order chi connectivity index (χ0) is 24.8. The van der Waals surface area contributed by atoms with Gasteiger partial charge in [-0.15, -0.1) is 0 Å². The molecule has 2 saturated heterocycles. The van der Waals surface area contributed by atoms with Crippen molar-refractivity contribution in [2.45, 2.75) is 115 Å². The van der Waals surface area contributed by atoms with E-state index in [2.05, 4.69) is 33.9 Å². The Hall–Kier alpha value is -0.103. The summed E-state index contributed by atoms with van der Waals surface area (Å²) in [7, 11) is -0.0740. The van der Waals surface area contributed by atoms with Gasteiger partial charge in [-0.25, -0.2) is 0 Å². The highest BCUT2D eigenvalue weighted by molar-refractivity contribution is 6.74. The summed E-state index contributed by atoms with van der Waals surface area (Å²) in [5.74, 6) is -1.15. The normalized spacial score (nSPS) is 29.6. The molecule has 0 spiro atoms.